The number of benzene rings is 2. The van der Waals surface area contributed by atoms with Gasteiger partial charge in [0, 0.05) is 5.02 Å². The zero-order valence-corrected chi connectivity index (χ0v) is 10.6. The molecule has 0 aliphatic carbocycles. The number of aromatic nitrogens is 2. The number of hydrogen-bond acceptors (Lipinski definition) is 1. The molecule has 3 aromatic rings. The van der Waals surface area contributed by atoms with Crippen LogP contribution in [0.5, 0.6) is 0 Å². The van der Waals surface area contributed by atoms with Crippen LogP contribution in [0.25, 0.3) is 11.0 Å². The van der Waals surface area contributed by atoms with E-state index in [0.717, 1.165) is 5.56 Å². The molecule has 0 unspecified atom stereocenters. The molecule has 96 valence electrons. The standard InChI is InChI=1S/C14H10ClFN2O/c15-11-4-2-1-3-9(11)8-18-13-6-5-10(16)7-12(13)17-14(18)19/h1-7H,8H2,(H,17,19). The van der Waals surface area contributed by atoms with Gasteiger partial charge in [-0.1, -0.05) is 29.8 Å². The minimum atomic E-state index is -0.376. The normalized spacial score (nSPS) is 11.1. The van der Waals surface area contributed by atoms with Crippen LogP contribution in [0.15, 0.2) is 47.3 Å². The fourth-order valence-electron chi connectivity index (χ4n) is 2.09. The van der Waals surface area contributed by atoms with Crippen LogP contribution in [0.4, 0.5) is 4.39 Å². The molecule has 0 spiro atoms. The van der Waals surface area contributed by atoms with Crippen molar-refractivity contribution in [1.29, 1.82) is 0 Å². The smallest absolute Gasteiger partial charge is 0.305 e. The topological polar surface area (TPSA) is 37.8 Å². The van der Waals surface area contributed by atoms with Crippen LogP contribution in [0.3, 0.4) is 0 Å². The van der Waals surface area contributed by atoms with Crippen molar-refractivity contribution in [3.8, 4) is 0 Å². The molecule has 1 aromatic heterocycles. The van der Waals surface area contributed by atoms with E-state index in [1.807, 2.05) is 18.2 Å². The first-order valence-electron chi connectivity index (χ1n) is 5.76. The largest absolute Gasteiger partial charge is 0.326 e. The molecule has 19 heavy (non-hydrogen) atoms. The van der Waals surface area contributed by atoms with E-state index >= 15 is 0 Å². The average Bonchev–Trinajstić information content (AvgIpc) is 2.68. The Labute approximate surface area is 113 Å². The van der Waals surface area contributed by atoms with Gasteiger partial charge in [0.15, 0.2) is 0 Å². The average molecular weight is 277 g/mol. The lowest BCUT2D eigenvalue weighted by Crippen LogP contribution is -2.17. The molecule has 2 aromatic carbocycles. The predicted molar refractivity (Wildman–Crippen MR) is 73.1 cm³/mol. The molecule has 0 aliphatic rings. The zero-order chi connectivity index (χ0) is 13.4. The molecule has 0 radical (unpaired) electrons. The summed E-state index contributed by atoms with van der Waals surface area (Å²) in [5.41, 5.74) is 1.71. The number of imidazole rings is 1. The summed E-state index contributed by atoms with van der Waals surface area (Å²) < 4.78 is 14.7. The number of hydrogen-bond donors (Lipinski definition) is 1. The number of rotatable bonds is 2. The van der Waals surface area contributed by atoms with E-state index in [1.54, 1.807) is 12.1 Å². The van der Waals surface area contributed by atoms with Gasteiger partial charge in [-0.3, -0.25) is 4.57 Å². The van der Waals surface area contributed by atoms with Gasteiger partial charge in [0.25, 0.3) is 0 Å². The van der Waals surface area contributed by atoms with Gasteiger partial charge >= 0.3 is 5.69 Å². The van der Waals surface area contributed by atoms with Crippen LogP contribution in [-0.4, -0.2) is 9.55 Å². The van der Waals surface area contributed by atoms with Crippen LogP contribution in [-0.2, 0) is 6.54 Å². The molecule has 3 rings (SSSR count). The van der Waals surface area contributed by atoms with Crippen LogP contribution in [0.1, 0.15) is 5.56 Å². The van der Waals surface area contributed by atoms with E-state index in [2.05, 4.69) is 4.98 Å². The third-order valence-electron chi connectivity index (χ3n) is 3.02. The molecular weight excluding hydrogens is 267 g/mol. The monoisotopic (exact) mass is 276 g/mol. The summed E-state index contributed by atoms with van der Waals surface area (Å²) in [6, 6.07) is 11.5. The number of halogens is 2. The van der Waals surface area contributed by atoms with Gasteiger partial charge in [-0.2, -0.15) is 0 Å². The Balaban J connectivity index is 2.13. The van der Waals surface area contributed by atoms with E-state index in [-0.39, 0.29) is 11.5 Å². The fourth-order valence-corrected chi connectivity index (χ4v) is 2.29. The Morgan fingerprint density at radius 2 is 2.00 bits per heavy atom. The Morgan fingerprint density at radius 3 is 2.79 bits per heavy atom. The van der Waals surface area contributed by atoms with E-state index in [4.69, 9.17) is 11.6 Å². The highest BCUT2D eigenvalue weighted by atomic mass is 35.5. The molecule has 1 heterocycles. The Hall–Kier alpha value is -2.07. The minimum Gasteiger partial charge on any atom is -0.305 e. The summed E-state index contributed by atoms with van der Waals surface area (Å²) >= 11 is 6.08. The highest BCUT2D eigenvalue weighted by Gasteiger charge is 2.09. The first-order chi connectivity index (χ1) is 9.15. The summed E-state index contributed by atoms with van der Waals surface area (Å²) in [4.78, 5) is 14.5. The van der Waals surface area contributed by atoms with Gasteiger partial charge in [-0.05, 0) is 29.8 Å². The van der Waals surface area contributed by atoms with Crippen molar-refractivity contribution < 1.29 is 4.39 Å². The van der Waals surface area contributed by atoms with Crippen molar-refractivity contribution in [3.63, 3.8) is 0 Å². The minimum absolute atomic E-state index is 0.277. The summed E-state index contributed by atoms with van der Waals surface area (Å²) in [5.74, 6) is -0.376. The predicted octanol–water partition coefficient (Wildman–Crippen LogP) is 3.17. The van der Waals surface area contributed by atoms with Gasteiger partial charge in [0.2, 0.25) is 0 Å². The van der Waals surface area contributed by atoms with E-state index in [0.29, 0.717) is 22.6 Å². The molecule has 3 nitrogen and oxygen atoms in total. The van der Waals surface area contributed by atoms with Crippen molar-refractivity contribution in [2.24, 2.45) is 0 Å². The van der Waals surface area contributed by atoms with Crippen molar-refractivity contribution in [3.05, 3.63) is 69.4 Å². The SMILES string of the molecule is O=c1[nH]c2cc(F)ccc2n1Cc1ccccc1Cl. The van der Waals surface area contributed by atoms with E-state index < -0.39 is 0 Å². The lowest BCUT2D eigenvalue weighted by atomic mass is 10.2. The molecular formula is C14H10ClFN2O. The zero-order valence-electron chi connectivity index (χ0n) is 9.86. The Bertz CT molecular complexity index is 807. The van der Waals surface area contributed by atoms with Crippen molar-refractivity contribution in [2.75, 3.05) is 0 Å². The van der Waals surface area contributed by atoms with E-state index in [9.17, 15) is 9.18 Å². The number of H-pyrrole nitrogens is 1. The quantitative estimate of drug-likeness (QED) is 0.767. The van der Waals surface area contributed by atoms with Gasteiger partial charge in [-0.15, -0.1) is 0 Å². The van der Waals surface area contributed by atoms with Gasteiger partial charge < -0.3 is 4.98 Å². The van der Waals surface area contributed by atoms with Gasteiger partial charge in [-0.25, -0.2) is 9.18 Å². The van der Waals surface area contributed by atoms with Crippen molar-refractivity contribution >= 4 is 22.6 Å². The summed E-state index contributed by atoms with van der Waals surface area (Å²) in [6.45, 7) is 0.351. The maximum absolute atomic E-state index is 13.1. The maximum atomic E-state index is 13.1. The number of nitrogens with one attached hydrogen (secondary N) is 1. The molecule has 0 aliphatic heterocycles. The van der Waals surface area contributed by atoms with Crippen molar-refractivity contribution in [1.82, 2.24) is 9.55 Å². The van der Waals surface area contributed by atoms with Gasteiger partial charge in [0.05, 0.1) is 17.6 Å². The summed E-state index contributed by atoms with van der Waals surface area (Å²) in [7, 11) is 0. The molecule has 0 amide bonds. The summed E-state index contributed by atoms with van der Waals surface area (Å²) in [6.07, 6.45) is 0. The first-order valence-corrected chi connectivity index (χ1v) is 6.14. The van der Waals surface area contributed by atoms with Gasteiger partial charge in [0.1, 0.15) is 5.82 Å². The molecule has 0 saturated heterocycles. The molecule has 0 fully saturated rings. The molecule has 0 atom stereocenters. The first kappa shape index (κ1) is 12.0. The van der Waals surface area contributed by atoms with Crippen LogP contribution >= 0.6 is 11.6 Å². The fraction of sp³-hybridized carbons (Fsp3) is 0.0714. The number of nitrogens with zero attached hydrogens (tertiary/aromatic N) is 1. The third-order valence-corrected chi connectivity index (χ3v) is 3.39. The maximum Gasteiger partial charge on any atom is 0.326 e. The Kier molecular flexibility index (Phi) is 2.87. The third kappa shape index (κ3) is 2.15. The van der Waals surface area contributed by atoms with Crippen LogP contribution in [0, 0.1) is 5.82 Å². The van der Waals surface area contributed by atoms with Crippen LogP contribution in [0.2, 0.25) is 5.02 Å². The molecule has 0 saturated carbocycles. The second-order valence-electron chi connectivity index (χ2n) is 4.27. The van der Waals surface area contributed by atoms with Crippen LogP contribution < -0.4 is 5.69 Å². The highest BCUT2D eigenvalue weighted by molar-refractivity contribution is 6.31. The highest BCUT2D eigenvalue weighted by Crippen LogP contribution is 2.18. The molecule has 1 N–H and O–H groups in total. The summed E-state index contributed by atoms with van der Waals surface area (Å²) in [5, 5.41) is 0.603. The molecule has 0 bridgehead atoms. The number of fused-ring (bicyclic) bond motifs is 1. The second-order valence-corrected chi connectivity index (χ2v) is 4.68. The second kappa shape index (κ2) is 4.55. The van der Waals surface area contributed by atoms with Crippen molar-refractivity contribution in [2.45, 2.75) is 6.54 Å². The number of aromatic amines is 1. The lowest BCUT2D eigenvalue weighted by molar-refractivity contribution is 0.629. The Morgan fingerprint density at radius 1 is 1.21 bits per heavy atom. The molecule has 5 heteroatoms. The van der Waals surface area contributed by atoms with E-state index in [1.165, 1.54) is 16.7 Å². The lowest BCUT2D eigenvalue weighted by Gasteiger charge is -2.05.